The van der Waals surface area contributed by atoms with Gasteiger partial charge in [0.1, 0.15) is 0 Å². The first-order valence-electron chi connectivity index (χ1n) is 6.78. The number of imidazole rings is 1. The highest BCUT2D eigenvalue weighted by molar-refractivity contribution is 9.10. The number of amides is 1. The summed E-state index contributed by atoms with van der Waals surface area (Å²) in [6.45, 7) is 0. The molecule has 2 aromatic rings. The predicted octanol–water partition coefficient (Wildman–Crippen LogP) is 3.17. The van der Waals surface area contributed by atoms with Crippen molar-refractivity contribution < 1.29 is 4.79 Å². The van der Waals surface area contributed by atoms with Gasteiger partial charge in [-0.2, -0.15) is 0 Å². The summed E-state index contributed by atoms with van der Waals surface area (Å²) < 4.78 is 2.92. The molecular weight excluding hydrogens is 318 g/mol. The fourth-order valence-electron chi connectivity index (χ4n) is 2.82. The lowest BCUT2D eigenvalue weighted by Gasteiger charge is -2.22. The van der Waals surface area contributed by atoms with E-state index in [1.807, 2.05) is 36.8 Å². The van der Waals surface area contributed by atoms with Crippen molar-refractivity contribution in [1.82, 2.24) is 14.9 Å². The van der Waals surface area contributed by atoms with Gasteiger partial charge in [0.2, 0.25) is 0 Å². The molecule has 2 unspecified atom stereocenters. The topological polar surface area (TPSA) is 46.9 Å². The zero-order valence-electron chi connectivity index (χ0n) is 11.0. The van der Waals surface area contributed by atoms with E-state index in [-0.39, 0.29) is 11.9 Å². The van der Waals surface area contributed by atoms with Crippen LogP contribution in [0.4, 0.5) is 0 Å². The second-order valence-electron chi connectivity index (χ2n) is 5.07. The van der Waals surface area contributed by atoms with Gasteiger partial charge in [0.15, 0.2) is 0 Å². The first-order chi connectivity index (χ1) is 9.75. The summed E-state index contributed by atoms with van der Waals surface area (Å²) in [4.78, 5) is 16.5. The van der Waals surface area contributed by atoms with Gasteiger partial charge < -0.3 is 9.88 Å². The molecule has 0 bridgehead atoms. The van der Waals surface area contributed by atoms with Crippen LogP contribution in [-0.4, -0.2) is 21.5 Å². The molecule has 1 fully saturated rings. The first-order valence-corrected chi connectivity index (χ1v) is 7.58. The smallest absolute Gasteiger partial charge is 0.252 e. The maximum absolute atomic E-state index is 12.4. The summed E-state index contributed by atoms with van der Waals surface area (Å²) in [5, 5.41) is 3.16. The average Bonchev–Trinajstić information content (AvgIpc) is 3.09. The van der Waals surface area contributed by atoms with Gasteiger partial charge in [-0.3, -0.25) is 4.79 Å². The molecule has 1 aliphatic carbocycles. The summed E-state index contributed by atoms with van der Waals surface area (Å²) in [7, 11) is 0. The molecule has 3 rings (SSSR count). The molecule has 0 saturated heterocycles. The van der Waals surface area contributed by atoms with Crippen molar-refractivity contribution in [3.8, 4) is 0 Å². The van der Waals surface area contributed by atoms with Crippen LogP contribution in [0.15, 0.2) is 47.5 Å². The molecule has 0 radical (unpaired) electrons. The average molecular weight is 334 g/mol. The molecule has 20 heavy (non-hydrogen) atoms. The fraction of sp³-hybridized carbons (Fsp3) is 0.333. The Morgan fingerprint density at radius 1 is 1.35 bits per heavy atom. The number of nitrogens with zero attached hydrogens (tertiary/aromatic N) is 2. The van der Waals surface area contributed by atoms with Crippen LogP contribution in [0.25, 0.3) is 0 Å². The van der Waals surface area contributed by atoms with Gasteiger partial charge in [0, 0.05) is 22.9 Å². The van der Waals surface area contributed by atoms with Gasteiger partial charge in [-0.05, 0) is 47.3 Å². The summed E-state index contributed by atoms with van der Waals surface area (Å²) >= 11 is 3.42. The quantitative estimate of drug-likeness (QED) is 0.937. The molecule has 1 aromatic carbocycles. The third-order valence-corrected chi connectivity index (χ3v) is 4.51. The number of hydrogen-bond donors (Lipinski definition) is 1. The summed E-state index contributed by atoms with van der Waals surface area (Å²) in [5.41, 5.74) is 0.684. The molecule has 104 valence electrons. The Morgan fingerprint density at radius 3 is 2.95 bits per heavy atom. The minimum Gasteiger partial charge on any atom is -0.347 e. The fourth-order valence-corrected chi connectivity index (χ4v) is 3.29. The van der Waals surface area contributed by atoms with Crippen LogP contribution in [0.1, 0.15) is 35.7 Å². The molecule has 5 heteroatoms. The molecule has 1 amide bonds. The zero-order valence-corrected chi connectivity index (χ0v) is 12.6. The normalized spacial score (nSPS) is 21.9. The van der Waals surface area contributed by atoms with E-state index in [0.29, 0.717) is 11.6 Å². The third-order valence-electron chi connectivity index (χ3n) is 3.82. The van der Waals surface area contributed by atoms with Gasteiger partial charge in [0.05, 0.1) is 17.9 Å². The highest BCUT2D eigenvalue weighted by atomic mass is 79.9. The Hall–Kier alpha value is -1.62. The van der Waals surface area contributed by atoms with E-state index >= 15 is 0 Å². The molecule has 4 nitrogen and oxygen atoms in total. The van der Waals surface area contributed by atoms with Crippen LogP contribution in [-0.2, 0) is 0 Å². The molecule has 2 atom stereocenters. The maximum Gasteiger partial charge on any atom is 0.252 e. The number of carbonyl (C=O) groups excluding carboxylic acids is 1. The number of halogens is 1. The van der Waals surface area contributed by atoms with Crippen molar-refractivity contribution in [2.24, 2.45) is 0 Å². The maximum atomic E-state index is 12.4. The van der Waals surface area contributed by atoms with Crippen molar-refractivity contribution >= 4 is 21.8 Å². The molecule has 1 saturated carbocycles. The van der Waals surface area contributed by atoms with Crippen molar-refractivity contribution in [2.45, 2.75) is 31.3 Å². The van der Waals surface area contributed by atoms with Gasteiger partial charge in [-0.25, -0.2) is 4.98 Å². The number of benzene rings is 1. The Morgan fingerprint density at radius 2 is 2.20 bits per heavy atom. The minimum atomic E-state index is -0.0190. The Kier molecular flexibility index (Phi) is 3.87. The van der Waals surface area contributed by atoms with Crippen LogP contribution in [0, 0.1) is 0 Å². The van der Waals surface area contributed by atoms with E-state index in [1.54, 1.807) is 6.20 Å². The van der Waals surface area contributed by atoms with E-state index < -0.39 is 0 Å². The van der Waals surface area contributed by atoms with E-state index in [1.165, 1.54) is 0 Å². The van der Waals surface area contributed by atoms with E-state index in [0.717, 1.165) is 23.7 Å². The molecule has 1 heterocycles. The number of carbonyl (C=O) groups is 1. The van der Waals surface area contributed by atoms with Crippen LogP contribution in [0.2, 0.25) is 0 Å². The van der Waals surface area contributed by atoms with E-state index in [2.05, 4.69) is 30.8 Å². The molecule has 1 N–H and O–H groups in total. The predicted molar refractivity (Wildman–Crippen MR) is 80.5 cm³/mol. The highest BCUT2D eigenvalue weighted by Crippen LogP contribution is 2.30. The molecule has 0 spiro atoms. The highest BCUT2D eigenvalue weighted by Gasteiger charge is 2.30. The lowest BCUT2D eigenvalue weighted by molar-refractivity contribution is 0.0928. The SMILES string of the molecule is O=C(NC1CCCC1n1ccnc1)c1ccccc1Br. The number of aromatic nitrogens is 2. The molecule has 1 aromatic heterocycles. The standard InChI is InChI=1S/C15H16BrN3O/c16-12-5-2-1-4-11(12)15(20)18-13-6-3-7-14(13)19-9-8-17-10-19/h1-2,4-5,8-10,13-14H,3,6-7H2,(H,18,20). The molecular formula is C15H16BrN3O. The van der Waals surface area contributed by atoms with E-state index in [9.17, 15) is 4.79 Å². The number of hydrogen-bond acceptors (Lipinski definition) is 2. The van der Waals surface area contributed by atoms with Gasteiger partial charge in [0.25, 0.3) is 5.91 Å². The van der Waals surface area contributed by atoms with Crippen LogP contribution < -0.4 is 5.32 Å². The lowest BCUT2D eigenvalue weighted by atomic mass is 10.1. The van der Waals surface area contributed by atoms with Crippen LogP contribution in [0.5, 0.6) is 0 Å². The van der Waals surface area contributed by atoms with Crippen molar-refractivity contribution in [3.63, 3.8) is 0 Å². The second-order valence-corrected chi connectivity index (χ2v) is 5.92. The number of rotatable bonds is 3. The minimum absolute atomic E-state index is 0.0190. The second kappa shape index (κ2) is 5.79. The Bertz CT molecular complexity index is 597. The third kappa shape index (κ3) is 2.63. The summed E-state index contributed by atoms with van der Waals surface area (Å²) in [6, 6.07) is 7.98. The monoisotopic (exact) mass is 333 g/mol. The molecule has 1 aliphatic rings. The summed E-state index contributed by atoms with van der Waals surface area (Å²) in [5.74, 6) is -0.0190. The molecule has 0 aliphatic heterocycles. The van der Waals surface area contributed by atoms with Crippen molar-refractivity contribution in [3.05, 3.63) is 53.0 Å². The zero-order chi connectivity index (χ0) is 13.9. The van der Waals surface area contributed by atoms with Crippen molar-refractivity contribution in [1.29, 1.82) is 0 Å². The lowest BCUT2D eigenvalue weighted by Crippen LogP contribution is -2.38. The van der Waals surface area contributed by atoms with Gasteiger partial charge in [-0.15, -0.1) is 0 Å². The van der Waals surface area contributed by atoms with E-state index in [4.69, 9.17) is 0 Å². The van der Waals surface area contributed by atoms with Gasteiger partial charge in [-0.1, -0.05) is 12.1 Å². The van der Waals surface area contributed by atoms with Crippen LogP contribution >= 0.6 is 15.9 Å². The largest absolute Gasteiger partial charge is 0.347 e. The van der Waals surface area contributed by atoms with Gasteiger partial charge >= 0.3 is 0 Å². The summed E-state index contributed by atoms with van der Waals surface area (Å²) in [6.07, 6.45) is 8.80. The van der Waals surface area contributed by atoms with Crippen molar-refractivity contribution in [2.75, 3.05) is 0 Å². The Labute approximate surface area is 126 Å². The Balaban J connectivity index is 1.74. The number of nitrogens with one attached hydrogen (secondary N) is 1. The van der Waals surface area contributed by atoms with Crippen LogP contribution in [0.3, 0.4) is 0 Å². The first kappa shape index (κ1) is 13.4.